The second-order valence-corrected chi connectivity index (χ2v) is 5.06. The fourth-order valence-corrected chi connectivity index (χ4v) is 2.59. The Bertz CT molecular complexity index is 647. The van der Waals surface area contributed by atoms with Crippen molar-refractivity contribution in [2.45, 2.75) is 25.3 Å². The van der Waals surface area contributed by atoms with Crippen LogP contribution in [0.4, 0.5) is 0 Å². The van der Waals surface area contributed by atoms with Crippen molar-refractivity contribution in [3.63, 3.8) is 0 Å². The van der Waals surface area contributed by atoms with Gasteiger partial charge >= 0.3 is 0 Å². The molecule has 104 valence electrons. The average molecular weight is 271 g/mol. The van der Waals surface area contributed by atoms with Crippen LogP contribution in [0.3, 0.4) is 0 Å². The Morgan fingerprint density at radius 3 is 3.00 bits per heavy atom. The van der Waals surface area contributed by atoms with E-state index in [9.17, 15) is 9.59 Å². The Labute approximate surface area is 116 Å². The lowest BCUT2D eigenvalue weighted by atomic mass is 10.1. The van der Waals surface area contributed by atoms with Crippen LogP contribution in [0.2, 0.25) is 0 Å². The van der Waals surface area contributed by atoms with Crippen molar-refractivity contribution in [3.05, 3.63) is 36.0 Å². The Morgan fingerprint density at radius 2 is 2.20 bits per heavy atom. The largest absolute Gasteiger partial charge is 0.361 e. The topological polar surface area (TPSA) is 74.0 Å². The molecule has 0 bridgehead atoms. The lowest BCUT2D eigenvalue weighted by molar-refractivity contribution is -0.125. The molecule has 1 aromatic heterocycles. The summed E-state index contributed by atoms with van der Waals surface area (Å²) in [6.45, 7) is 0.576. The molecule has 1 aliphatic rings. The number of aromatic amines is 1. The van der Waals surface area contributed by atoms with Gasteiger partial charge in [-0.3, -0.25) is 9.59 Å². The van der Waals surface area contributed by atoms with Gasteiger partial charge in [-0.05, 0) is 24.5 Å². The van der Waals surface area contributed by atoms with E-state index in [1.165, 1.54) is 10.9 Å². The number of rotatable bonds is 4. The summed E-state index contributed by atoms with van der Waals surface area (Å²) in [7, 11) is 0. The van der Waals surface area contributed by atoms with Gasteiger partial charge in [-0.25, -0.2) is 0 Å². The van der Waals surface area contributed by atoms with Crippen molar-refractivity contribution in [1.29, 1.82) is 0 Å². The lowest BCUT2D eigenvalue weighted by Crippen LogP contribution is -2.42. The highest BCUT2D eigenvalue weighted by Gasteiger charge is 2.26. The number of aromatic nitrogens is 1. The first-order valence-corrected chi connectivity index (χ1v) is 6.86. The van der Waals surface area contributed by atoms with Crippen LogP contribution in [0, 0.1) is 0 Å². The number of carbonyl (C=O) groups excluding carboxylic acids is 2. The zero-order valence-corrected chi connectivity index (χ0v) is 11.1. The van der Waals surface area contributed by atoms with Crippen LogP contribution in [0.1, 0.15) is 18.4 Å². The highest BCUT2D eigenvalue weighted by Crippen LogP contribution is 2.17. The first-order chi connectivity index (χ1) is 9.74. The Balaban J connectivity index is 1.55. The van der Waals surface area contributed by atoms with Crippen LogP contribution >= 0.6 is 0 Å². The quantitative estimate of drug-likeness (QED) is 0.779. The Hall–Kier alpha value is -2.30. The first-order valence-electron chi connectivity index (χ1n) is 6.86. The van der Waals surface area contributed by atoms with E-state index in [-0.39, 0.29) is 17.9 Å². The van der Waals surface area contributed by atoms with E-state index >= 15 is 0 Å². The van der Waals surface area contributed by atoms with Crippen molar-refractivity contribution in [2.75, 3.05) is 6.54 Å². The molecule has 2 heterocycles. The first kappa shape index (κ1) is 12.7. The molecule has 0 aliphatic carbocycles. The number of carbonyl (C=O) groups is 2. The number of para-hydroxylation sites is 1. The smallest absolute Gasteiger partial charge is 0.242 e. The predicted molar refractivity (Wildman–Crippen MR) is 76.2 cm³/mol. The van der Waals surface area contributed by atoms with Crippen LogP contribution in [0.25, 0.3) is 10.9 Å². The fraction of sp³-hybridized carbons (Fsp3) is 0.333. The van der Waals surface area contributed by atoms with Gasteiger partial charge in [0.2, 0.25) is 11.8 Å². The van der Waals surface area contributed by atoms with Gasteiger partial charge in [0.05, 0.1) is 0 Å². The number of hydrogen-bond donors (Lipinski definition) is 3. The van der Waals surface area contributed by atoms with Gasteiger partial charge in [0.25, 0.3) is 0 Å². The molecular formula is C15H17N3O2. The molecule has 1 aliphatic heterocycles. The normalized spacial score (nSPS) is 18.2. The zero-order valence-electron chi connectivity index (χ0n) is 11.1. The van der Waals surface area contributed by atoms with E-state index in [0.29, 0.717) is 19.4 Å². The van der Waals surface area contributed by atoms with Gasteiger partial charge in [0.15, 0.2) is 0 Å². The summed E-state index contributed by atoms with van der Waals surface area (Å²) in [5.41, 5.74) is 2.30. The van der Waals surface area contributed by atoms with Gasteiger partial charge in [-0.2, -0.15) is 0 Å². The van der Waals surface area contributed by atoms with Crippen molar-refractivity contribution in [3.8, 4) is 0 Å². The average Bonchev–Trinajstić information content (AvgIpc) is 3.06. The van der Waals surface area contributed by atoms with E-state index < -0.39 is 0 Å². The van der Waals surface area contributed by atoms with Gasteiger partial charge in [-0.1, -0.05) is 18.2 Å². The molecule has 0 saturated carbocycles. The molecule has 2 amide bonds. The van der Waals surface area contributed by atoms with Crippen molar-refractivity contribution < 1.29 is 9.59 Å². The minimum absolute atomic E-state index is 0.0400. The van der Waals surface area contributed by atoms with Crippen LogP contribution in [0.5, 0.6) is 0 Å². The van der Waals surface area contributed by atoms with Gasteiger partial charge in [-0.15, -0.1) is 0 Å². The summed E-state index contributed by atoms with van der Waals surface area (Å²) in [6.07, 6.45) is 3.79. The summed E-state index contributed by atoms with van der Waals surface area (Å²) < 4.78 is 0. The third-order valence-corrected chi connectivity index (χ3v) is 3.68. The van der Waals surface area contributed by atoms with Gasteiger partial charge < -0.3 is 15.6 Å². The van der Waals surface area contributed by atoms with Gasteiger partial charge in [0.1, 0.15) is 6.04 Å². The molecule has 2 aromatic rings. The number of fused-ring (bicyclic) bond motifs is 1. The number of H-pyrrole nitrogens is 1. The standard InChI is InChI=1S/C15H17N3O2/c19-14-6-5-13(18-14)15(20)16-8-7-10-9-17-12-4-2-1-3-11(10)12/h1-4,9,13,17H,5-8H2,(H,16,20)(H,18,19). The van der Waals surface area contributed by atoms with E-state index in [1.54, 1.807) is 0 Å². The van der Waals surface area contributed by atoms with E-state index in [1.807, 2.05) is 24.4 Å². The molecule has 3 rings (SSSR count). The zero-order chi connectivity index (χ0) is 13.9. The lowest BCUT2D eigenvalue weighted by Gasteiger charge is -2.10. The molecule has 1 atom stereocenters. The molecule has 3 N–H and O–H groups in total. The summed E-state index contributed by atoms with van der Waals surface area (Å²) in [5.74, 6) is -0.127. The molecule has 0 spiro atoms. The van der Waals surface area contributed by atoms with E-state index in [2.05, 4.69) is 21.7 Å². The van der Waals surface area contributed by atoms with Crippen LogP contribution in [0.15, 0.2) is 30.5 Å². The summed E-state index contributed by atoms with van der Waals surface area (Å²) in [4.78, 5) is 26.1. The van der Waals surface area contributed by atoms with Gasteiger partial charge in [0, 0.05) is 30.1 Å². The second-order valence-electron chi connectivity index (χ2n) is 5.06. The fourth-order valence-electron chi connectivity index (χ4n) is 2.59. The highest BCUT2D eigenvalue weighted by molar-refractivity contribution is 5.90. The van der Waals surface area contributed by atoms with Crippen LogP contribution in [-0.2, 0) is 16.0 Å². The molecule has 1 saturated heterocycles. The number of hydrogen-bond acceptors (Lipinski definition) is 2. The minimum Gasteiger partial charge on any atom is -0.361 e. The van der Waals surface area contributed by atoms with Crippen molar-refractivity contribution in [2.24, 2.45) is 0 Å². The predicted octanol–water partition coefficient (Wildman–Crippen LogP) is 1.11. The molecule has 0 radical (unpaired) electrons. The molecule has 5 nitrogen and oxygen atoms in total. The molecule has 5 heteroatoms. The number of benzene rings is 1. The molecule has 1 unspecified atom stereocenters. The third-order valence-electron chi connectivity index (χ3n) is 3.68. The summed E-state index contributed by atoms with van der Waals surface area (Å²) >= 11 is 0. The maximum Gasteiger partial charge on any atom is 0.242 e. The number of amides is 2. The summed E-state index contributed by atoms with van der Waals surface area (Å²) in [5, 5.41) is 6.74. The molecule has 20 heavy (non-hydrogen) atoms. The minimum atomic E-state index is -0.356. The van der Waals surface area contributed by atoms with Crippen molar-refractivity contribution >= 4 is 22.7 Å². The summed E-state index contributed by atoms with van der Waals surface area (Å²) in [6, 6.07) is 7.75. The van der Waals surface area contributed by atoms with Crippen molar-refractivity contribution in [1.82, 2.24) is 15.6 Å². The van der Waals surface area contributed by atoms with E-state index in [4.69, 9.17) is 0 Å². The molecule has 1 aromatic carbocycles. The SMILES string of the molecule is O=C1CCC(C(=O)NCCc2c[nH]c3ccccc23)N1. The number of nitrogens with one attached hydrogen (secondary N) is 3. The Morgan fingerprint density at radius 1 is 1.35 bits per heavy atom. The van der Waals surface area contributed by atoms with Crippen LogP contribution < -0.4 is 10.6 Å². The van der Waals surface area contributed by atoms with Crippen LogP contribution in [-0.4, -0.2) is 29.4 Å². The maximum atomic E-state index is 11.8. The third kappa shape index (κ3) is 2.52. The maximum absolute atomic E-state index is 11.8. The molecular weight excluding hydrogens is 254 g/mol. The monoisotopic (exact) mass is 271 g/mol. The Kier molecular flexibility index (Phi) is 3.41. The second kappa shape index (κ2) is 5.36. The van der Waals surface area contributed by atoms with E-state index in [0.717, 1.165) is 11.9 Å². The highest BCUT2D eigenvalue weighted by atomic mass is 16.2. The molecule has 1 fully saturated rings.